The van der Waals surface area contributed by atoms with Gasteiger partial charge in [-0.3, -0.25) is 9.59 Å². The van der Waals surface area contributed by atoms with E-state index in [1.807, 2.05) is 6.92 Å². The van der Waals surface area contributed by atoms with Crippen molar-refractivity contribution >= 4 is 12.7 Å². The van der Waals surface area contributed by atoms with Crippen molar-refractivity contribution in [1.82, 2.24) is 4.90 Å². The highest BCUT2D eigenvalue weighted by molar-refractivity contribution is 5.72. The number of hydrogen-bond donors (Lipinski definition) is 0. The number of carbonyl (C=O) groups is 2. The van der Waals surface area contributed by atoms with Gasteiger partial charge in [-0.2, -0.15) is 0 Å². The predicted molar refractivity (Wildman–Crippen MR) is 38.3 cm³/mol. The van der Waals surface area contributed by atoms with Crippen molar-refractivity contribution in [2.45, 2.75) is 13.8 Å². The number of allylic oxidation sites excluding steroid dienone is 1. The van der Waals surface area contributed by atoms with Crippen LogP contribution >= 0.6 is 0 Å². The summed E-state index contributed by atoms with van der Waals surface area (Å²) in [6, 6.07) is 0. The summed E-state index contributed by atoms with van der Waals surface area (Å²) in [4.78, 5) is 21.6. The Kier molecular flexibility index (Phi) is 4.20. The molecule has 0 aliphatic heterocycles. The van der Waals surface area contributed by atoms with Crippen molar-refractivity contribution in [3.63, 3.8) is 0 Å². The van der Waals surface area contributed by atoms with Gasteiger partial charge in [0.05, 0.1) is 0 Å². The molecule has 3 heteroatoms. The minimum absolute atomic E-state index is 0.550. The van der Waals surface area contributed by atoms with E-state index in [9.17, 15) is 9.59 Å². The molecule has 56 valence electrons. The van der Waals surface area contributed by atoms with Crippen molar-refractivity contribution in [2.24, 2.45) is 0 Å². The third-order valence-electron chi connectivity index (χ3n) is 1.06. The molecule has 0 saturated heterocycles. The Balaban J connectivity index is 4.05. The third-order valence-corrected chi connectivity index (χ3v) is 1.06. The maximum Gasteiger partial charge on any atom is 0.213 e. The number of aldehydes is 1. The summed E-state index contributed by atoms with van der Waals surface area (Å²) in [6.45, 7) is 4.08. The fourth-order valence-electron chi connectivity index (χ4n) is 0.488. The van der Waals surface area contributed by atoms with E-state index < -0.39 is 0 Å². The van der Waals surface area contributed by atoms with Crippen molar-refractivity contribution in [2.75, 3.05) is 6.54 Å². The van der Waals surface area contributed by atoms with Gasteiger partial charge in [-0.05, 0) is 13.8 Å². The third kappa shape index (κ3) is 3.02. The van der Waals surface area contributed by atoms with E-state index >= 15 is 0 Å². The highest BCUT2D eigenvalue weighted by Crippen LogP contribution is 1.90. The van der Waals surface area contributed by atoms with E-state index in [4.69, 9.17) is 0 Å². The Bertz CT molecular complexity index is 152. The number of nitrogens with zero attached hydrogens (tertiary/aromatic N) is 1. The van der Waals surface area contributed by atoms with E-state index in [0.29, 0.717) is 24.8 Å². The molecule has 0 aliphatic carbocycles. The molecule has 10 heavy (non-hydrogen) atoms. The fraction of sp³-hybridized carbons (Fsp3) is 0.429. The molecule has 0 aromatic carbocycles. The monoisotopic (exact) mass is 141 g/mol. The molecule has 0 fully saturated rings. The second-order valence-electron chi connectivity index (χ2n) is 1.93. The lowest BCUT2D eigenvalue weighted by molar-refractivity contribution is -0.115. The molecule has 0 atom stereocenters. The first-order valence-electron chi connectivity index (χ1n) is 3.09. The van der Waals surface area contributed by atoms with Crippen LogP contribution in [0.15, 0.2) is 11.8 Å². The van der Waals surface area contributed by atoms with Crippen LogP contribution in [0, 0.1) is 0 Å². The second-order valence-corrected chi connectivity index (χ2v) is 1.93. The maximum atomic E-state index is 10.2. The Morgan fingerprint density at radius 3 is 2.40 bits per heavy atom. The summed E-state index contributed by atoms with van der Waals surface area (Å²) in [6.07, 6.45) is 2.92. The van der Waals surface area contributed by atoms with Gasteiger partial charge in [0.25, 0.3) is 0 Å². The average molecular weight is 141 g/mol. The van der Waals surface area contributed by atoms with Crippen molar-refractivity contribution in [1.29, 1.82) is 0 Å². The van der Waals surface area contributed by atoms with Gasteiger partial charge in [0.2, 0.25) is 6.41 Å². The first-order chi connectivity index (χ1) is 4.74. The average Bonchev–Trinajstić information content (AvgIpc) is 1.99. The minimum Gasteiger partial charge on any atom is -0.322 e. The van der Waals surface area contributed by atoms with Crippen molar-refractivity contribution in [3.8, 4) is 0 Å². The summed E-state index contributed by atoms with van der Waals surface area (Å²) >= 11 is 0. The molecule has 0 N–H and O–H groups in total. The van der Waals surface area contributed by atoms with Crippen LogP contribution in [0.4, 0.5) is 0 Å². The standard InChI is InChI=1S/C7H11NO2/c1-3-8(6-10)4-7(2)5-9/h4-6H,3H2,1-2H3/b7-4-. The van der Waals surface area contributed by atoms with Crippen molar-refractivity contribution < 1.29 is 9.59 Å². The SMILES string of the molecule is CCN(C=O)/C=C(/C)C=O. The molecule has 0 saturated carbocycles. The zero-order valence-corrected chi connectivity index (χ0v) is 6.20. The lowest BCUT2D eigenvalue weighted by Crippen LogP contribution is -2.14. The summed E-state index contributed by atoms with van der Waals surface area (Å²) in [7, 11) is 0. The van der Waals surface area contributed by atoms with Crippen LogP contribution in [0.5, 0.6) is 0 Å². The number of carbonyl (C=O) groups excluding carboxylic acids is 2. The van der Waals surface area contributed by atoms with Crippen LogP contribution in [0.2, 0.25) is 0 Å². The van der Waals surface area contributed by atoms with E-state index in [2.05, 4.69) is 0 Å². The highest BCUT2D eigenvalue weighted by Gasteiger charge is 1.91. The van der Waals surface area contributed by atoms with Gasteiger partial charge in [-0.15, -0.1) is 0 Å². The maximum absolute atomic E-state index is 10.2. The normalized spacial score (nSPS) is 10.8. The molecular weight excluding hydrogens is 130 g/mol. The Labute approximate surface area is 60.3 Å². The second kappa shape index (κ2) is 4.73. The van der Waals surface area contributed by atoms with Crippen LogP contribution in [0.25, 0.3) is 0 Å². The van der Waals surface area contributed by atoms with Crippen LogP contribution < -0.4 is 0 Å². The smallest absolute Gasteiger partial charge is 0.213 e. The molecule has 1 amide bonds. The Hall–Kier alpha value is -1.12. The molecular formula is C7H11NO2. The van der Waals surface area contributed by atoms with Gasteiger partial charge in [-0.25, -0.2) is 0 Å². The summed E-state index contributed by atoms with van der Waals surface area (Å²) in [5, 5.41) is 0. The lowest BCUT2D eigenvalue weighted by Gasteiger charge is -2.07. The quantitative estimate of drug-likeness (QED) is 0.424. The van der Waals surface area contributed by atoms with Crippen LogP contribution in [-0.2, 0) is 9.59 Å². The van der Waals surface area contributed by atoms with Gasteiger partial charge in [0.1, 0.15) is 6.29 Å². The van der Waals surface area contributed by atoms with Gasteiger partial charge < -0.3 is 4.90 Å². The lowest BCUT2D eigenvalue weighted by atomic mass is 10.4. The van der Waals surface area contributed by atoms with Crippen molar-refractivity contribution in [3.05, 3.63) is 11.8 Å². The van der Waals surface area contributed by atoms with E-state index in [0.717, 1.165) is 0 Å². The van der Waals surface area contributed by atoms with Crippen LogP contribution in [0.3, 0.4) is 0 Å². The largest absolute Gasteiger partial charge is 0.322 e. The number of amides is 1. The topological polar surface area (TPSA) is 37.4 Å². The van der Waals surface area contributed by atoms with Gasteiger partial charge in [0, 0.05) is 18.3 Å². The number of rotatable bonds is 4. The van der Waals surface area contributed by atoms with Crippen LogP contribution in [-0.4, -0.2) is 24.1 Å². The van der Waals surface area contributed by atoms with E-state index in [-0.39, 0.29) is 0 Å². The van der Waals surface area contributed by atoms with Gasteiger partial charge in [-0.1, -0.05) is 0 Å². The summed E-state index contributed by atoms with van der Waals surface area (Å²) in [5.41, 5.74) is 0.550. The molecule has 0 unspecified atom stereocenters. The summed E-state index contributed by atoms with van der Waals surface area (Å²) < 4.78 is 0. The first kappa shape index (κ1) is 8.88. The van der Waals surface area contributed by atoms with Gasteiger partial charge in [0.15, 0.2) is 0 Å². The molecule has 0 heterocycles. The van der Waals surface area contributed by atoms with Gasteiger partial charge >= 0.3 is 0 Å². The molecule has 0 bridgehead atoms. The molecule has 0 radical (unpaired) electrons. The molecule has 0 rings (SSSR count). The molecule has 0 aliphatic rings. The summed E-state index contributed by atoms with van der Waals surface area (Å²) in [5.74, 6) is 0. The predicted octanol–water partition coefficient (Wildman–Crippen LogP) is 0.567. The fourth-order valence-corrected chi connectivity index (χ4v) is 0.488. The highest BCUT2D eigenvalue weighted by atomic mass is 16.1. The molecule has 0 spiro atoms. The number of hydrogen-bond acceptors (Lipinski definition) is 2. The van der Waals surface area contributed by atoms with E-state index in [1.165, 1.54) is 11.1 Å². The zero-order chi connectivity index (χ0) is 7.98. The van der Waals surface area contributed by atoms with Crippen LogP contribution in [0.1, 0.15) is 13.8 Å². The molecule has 3 nitrogen and oxygen atoms in total. The van der Waals surface area contributed by atoms with E-state index in [1.54, 1.807) is 6.92 Å². The zero-order valence-electron chi connectivity index (χ0n) is 6.20. The minimum atomic E-state index is 0.550. The first-order valence-corrected chi connectivity index (χ1v) is 3.09. The molecule has 0 aromatic heterocycles. The molecule has 0 aromatic rings. The Morgan fingerprint density at radius 1 is 1.50 bits per heavy atom. The Morgan fingerprint density at radius 2 is 2.10 bits per heavy atom.